The third-order valence-electron chi connectivity index (χ3n) is 4.42. The zero-order valence-corrected chi connectivity index (χ0v) is 16.9. The summed E-state index contributed by atoms with van der Waals surface area (Å²) in [5, 5.41) is 7.47. The summed E-state index contributed by atoms with van der Waals surface area (Å²) >= 11 is 6.22. The van der Waals surface area contributed by atoms with E-state index in [-0.39, 0.29) is 30.7 Å². The van der Waals surface area contributed by atoms with Crippen molar-refractivity contribution in [3.8, 4) is 0 Å². The van der Waals surface area contributed by atoms with Crippen molar-refractivity contribution in [3.63, 3.8) is 0 Å². The number of carbonyl (C=O) groups is 1. The molecule has 0 unspecified atom stereocenters. The Morgan fingerprint density at radius 2 is 2.07 bits per heavy atom. The van der Waals surface area contributed by atoms with Crippen LogP contribution in [0.3, 0.4) is 0 Å². The minimum absolute atomic E-state index is 0.0219. The maximum atomic E-state index is 14.1. The van der Waals surface area contributed by atoms with Crippen molar-refractivity contribution < 1.29 is 18.4 Å². The standard InChI is InChI=1S/C21H22ClF2N3O2/c1-13(2)25-21(28)27(11-14-7-8-15(23)9-19(14)24)12-16-10-20(26-29-16)17-5-3-4-6-18(17)22/h3-9,13,16H,10-12H2,1-2H3,(H,25,28)/t16-/m1/s1. The average Bonchev–Trinajstić information content (AvgIpc) is 3.11. The van der Waals surface area contributed by atoms with E-state index >= 15 is 0 Å². The minimum Gasteiger partial charge on any atom is -0.390 e. The SMILES string of the molecule is CC(C)NC(=O)N(Cc1ccc(F)cc1F)C[C@H]1CC(c2ccccc2Cl)=NO1. The maximum Gasteiger partial charge on any atom is 0.318 e. The highest BCUT2D eigenvalue weighted by molar-refractivity contribution is 6.34. The molecule has 154 valence electrons. The van der Waals surface area contributed by atoms with Crippen LogP contribution in [0.1, 0.15) is 31.4 Å². The highest BCUT2D eigenvalue weighted by atomic mass is 35.5. The monoisotopic (exact) mass is 421 g/mol. The van der Waals surface area contributed by atoms with Crippen molar-refractivity contribution in [1.29, 1.82) is 0 Å². The normalized spacial score (nSPS) is 15.8. The first-order valence-corrected chi connectivity index (χ1v) is 9.68. The number of urea groups is 1. The number of nitrogens with one attached hydrogen (secondary N) is 1. The Labute approximate surface area is 173 Å². The third kappa shape index (κ3) is 5.44. The molecular formula is C21H22ClF2N3O2. The summed E-state index contributed by atoms with van der Waals surface area (Å²) in [6, 6.07) is 10.2. The number of benzene rings is 2. The predicted molar refractivity (Wildman–Crippen MR) is 108 cm³/mol. The fraction of sp³-hybridized carbons (Fsp3) is 0.333. The summed E-state index contributed by atoms with van der Waals surface area (Å²) in [5.41, 5.74) is 1.69. The van der Waals surface area contributed by atoms with E-state index in [1.165, 1.54) is 17.0 Å². The van der Waals surface area contributed by atoms with Gasteiger partial charge < -0.3 is 15.1 Å². The van der Waals surface area contributed by atoms with Crippen molar-refractivity contribution in [2.24, 2.45) is 5.16 Å². The molecule has 0 fully saturated rings. The Morgan fingerprint density at radius 1 is 1.31 bits per heavy atom. The molecular weight excluding hydrogens is 400 g/mol. The molecule has 2 aromatic rings. The zero-order chi connectivity index (χ0) is 21.0. The van der Waals surface area contributed by atoms with E-state index in [0.717, 1.165) is 11.6 Å². The molecule has 8 heteroatoms. The van der Waals surface area contributed by atoms with Crippen molar-refractivity contribution in [2.45, 2.75) is 39.0 Å². The number of rotatable bonds is 6. The van der Waals surface area contributed by atoms with Crippen LogP contribution >= 0.6 is 11.6 Å². The van der Waals surface area contributed by atoms with E-state index in [2.05, 4.69) is 10.5 Å². The molecule has 0 saturated carbocycles. The van der Waals surface area contributed by atoms with E-state index in [0.29, 0.717) is 17.2 Å². The molecule has 1 atom stereocenters. The van der Waals surface area contributed by atoms with Gasteiger partial charge in [0, 0.05) is 34.7 Å². The Hall–Kier alpha value is -2.67. The quantitative estimate of drug-likeness (QED) is 0.733. The fourth-order valence-corrected chi connectivity index (χ4v) is 3.28. The Morgan fingerprint density at radius 3 is 2.76 bits per heavy atom. The number of amides is 2. The lowest BCUT2D eigenvalue weighted by atomic mass is 10.0. The molecule has 0 bridgehead atoms. The van der Waals surface area contributed by atoms with Gasteiger partial charge in [0.15, 0.2) is 6.10 Å². The zero-order valence-electron chi connectivity index (χ0n) is 16.2. The van der Waals surface area contributed by atoms with Crippen molar-refractivity contribution in [2.75, 3.05) is 6.54 Å². The van der Waals surface area contributed by atoms with E-state index in [1.54, 1.807) is 6.07 Å². The van der Waals surface area contributed by atoms with Crippen LogP contribution in [0, 0.1) is 11.6 Å². The average molecular weight is 422 g/mol. The second-order valence-electron chi connectivity index (χ2n) is 7.17. The lowest BCUT2D eigenvalue weighted by Gasteiger charge is -2.26. The van der Waals surface area contributed by atoms with E-state index < -0.39 is 17.7 Å². The molecule has 0 aromatic heterocycles. The summed E-state index contributed by atoms with van der Waals surface area (Å²) in [4.78, 5) is 19.6. The summed E-state index contributed by atoms with van der Waals surface area (Å²) in [7, 11) is 0. The van der Waals surface area contributed by atoms with Gasteiger partial charge in [-0.05, 0) is 26.0 Å². The maximum absolute atomic E-state index is 14.1. The van der Waals surface area contributed by atoms with Gasteiger partial charge in [-0.3, -0.25) is 0 Å². The number of carbonyl (C=O) groups excluding carboxylic acids is 1. The first-order chi connectivity index (χ1) is 13.8. The second kappa shape index (κ2) is 9.22. The number of nitrogens with zero attached hydrogens (tertiary/aromatic N) is 2. The summed E-state index contributed by atoms with van der Waals surface area (Å²) in [6.07, 6.45) is 0.0591. The highest BCUT2D eigenvalue weighted by Crippen LogP contribution is 2.24. The first-order valence-electron chi connectivity index (χ1n) is 9.30. The molecule has 2 amide bonds. The fourth-order valence-electron chi connectivity index (χ4n) is 3.04. The van der Waals surface area contributed by atoms with Crippen molar-refractivity contribution in [3.05, 3.63) is 70.2 Å². The van der Waals surface area contributed by atoms with Crippen LogP contribution in [0.5, 0.6) is 0 Å². The van der Waals surface area contributed by atoms with Gasteiger partial charge in [0.1, 0.15) is 11.6 Å². The Balaban J connectivity index is 1.72. The number of oxime groups is 1. The van der Waals surface area contributed by atoms with Crippen LogP contribution in [-0.2, 0) is 11.4 Å². The number of hydrogen-bond acceptors (Lipinski definition) is 3. The topological polar surface area (TPSA) is 53.9 Å². The lowest BCUT2D eigenvalue weighted by molar-refractivity contribution is 0.0584. The molecule has 0 spiro atoms. The van der Waals surface area contributed by atoms with Crippen molar-refractivity contribution >= 4 is 23.3 Å². The highest BCUT2D eigenvalue weighted by Gasteiger charge is 2.28. The molecule has 1 heterocycles. The summed E-state index contributed by atoms with van der Waals surface area (Å²) in [5.74, 6) is -1.37. The van der Waals surface area contributed by atoms with Gasteiger partial charge in [-0.1, -0.05) is 41.0 Å². The summed E-state index contributed by atoms with van der Waals surface area (Å²) < 4.78 is 27.3. The minimum atomic E-state index is -0.701. The molecule has 3 rings (SSSR count). The van der Waals surface area contributed by atoms with E-state index in [4.69, 9.17) is 16.4 Å². The smallest absolute Gasteiger partial charge is 0.318 e. The van der Waals surface area contributed by atoms with Gasteiger partial charge in [-0.2, -0.15) is 0 Å². The van der Waals surface area contributed by atoms with Gasteiger partial charge in [0.05, 0.1) is 18.8 Å². The second-order valence-corrected chi connectivity index (χ2v) is 7.58. The van der Waals surface area contributed by atoms with Crippen LogP contribution in [0.15, 0.2) is 47.6 Å². The van der Waals surface area contributed by atoms with Crippen molar-refractivity contribution in [1.82, 2.24) is 10.2 Å². The molecule has 1 aliphatic rings. The van der Waals surface area contributed by atoms with Crippen LogP contribution in [0.2, 0.25) is 5.02 Å². The largest absolute Gasteiger partial charge is 0.390 e. The van der Waals surface area contributed by atoms with Crippen LogP contribution in [0.4, 0.5) is 13.6 Å². The first kappa shape index (κ1) is 21.0. The molecule has 0 saturated heterocycles. The van der Waals surface area contributed by atoms with E-state index in [1.807, 2.05) is 32.0 Å². The Kier molecular flexibility index (Phi) is 6.69. The number of halogens is 3. The molecule has 29 heavy (non-hydrogen) atoms. The third-order valence-corrected chi connectivity index (χ3v) is 4.75. The van der Waals surface area contributed by atoms with Gasteiger partial charge in [0.25, 0.3) is 0 Å². The summed E-state index contributed by atoms with van der Waals surface area (Å²) in [6.45, 7) is 3.83. The molecule has 1 N–H and O–H groups in total. The van der Waals surface area contributed by atoms with E-state index in [9.17, 15) is 13.6 Å². The molecule has 2 aromatic carbocycles. The van der Waals surface area contributed by atoms with Gasteiger partial charge in [0.2, 0.25) is 0 Å². The molecule has 0 radical (unpaired) electrons. The molecule has 0 aliphatic carbocycles. The molecule has 1 aliphatic heterocycles. The van der Waals surface area contributed by atoms with Gasteiger partial charge in [-0.15, -0.1) is 0 Å². The number of hydrogen-bond donors (Lipinski definition) is 1. The Bertz CT molecular complexity index is 921. The van der Waals surface area contributed by atoms with Gasteiger partial charge >= 0.3 is 6.03 Å². The van der Waals surface area contributed by atoms with Crippen LogP contribution in [0.25, 0.3) is 0 Å². The van der Waals surface area contributed by atoms with Crippen LogP contribution in [-0.4, -0.2) is 35.3 Å². The predicted octanol–water partition coefficient (Wildman–Crippen LogP) is 4.73. The van der Waals surface area contributed by atoms with Crippen LogP contribution < -0.4 is 5.32 Å². The molecule has 5 nitrogen and oxygen atoms in total. The lowest BCUT2D eigenvalue weighted by Crippen LogP contribution is -2.45. The van der Waals surface area contributed by atoms with Gasteiger partial charge in [-0.25, -0.2) is 13.6 Å².